The molecule has 3 N–H and O–H groups in total. The Morgan fingerprint density at radius 3 is 2.76 bits per heavy atom. The quantitative estimate of drug-likeness (QED) is 0.467. The van der Waals surface area contributed by atoms with E-state index in [1.54, 1.807) is 16.9 Å². The molecule has 33 heavy (non-hydrogen) atoms. The van der Waals surface area contributed by atoms with Gasteiger partial charge in [0.1, 0.15) is 11.9 Å². The predicted molar refractivity (Wildman–Crippen MR) is 118 cm³/mol. The number of aliphatic hydroxyl groups is 1. The number of aromatic nitrogens is 5. The van der Waals surface area contributed by atoms with Gasteiger partial charge in [-0.2, -0.15) is 18.9 Å². The Kier molecular flexibility index (Phi) is 6.54. The highest BCUT2D eigenvalue weighted by atomic mass is 19.3. The lowest BCUT2D eigenvalue weighted by atomic mass is 10.1. The smallest absolute Gasteiger partial charge is 0.388 e. The standard InChI is InChI=1S/C21H26F2N8O2/c1-4-15-19(32)28-17-12(2)27-21(29-18(17)30(15)3)25-8-14-9-26-31(11-14)10-13-5-6-16(24-7-13)33-20(22)23/h5-7,9,11,15,19-20,28,32H,4,8,10H2,1-3H3,(H,25,27,29)/t15-,19?/m0/s1. The van der Waals surface area contributed by atoms with Crippen LogP contribution in [0.1, 0.15) is 30.2 Å². The predicted octanol–water partition coefficient (Wildman–Crippen LogP) is 2.60. The molecule has 4 heterocycles. The third-order valence-corrected chi connectivity index (χ3v) is 5.47. The normalized spacial score (nSPS) is 17.6. The van der Waals surface area contributed by atoms with Crippen molar-refractivity contribution in [3.8, 4) is 5.88 Å². The van der Waals surface area contributed by atoms with Crippen molar-refractivity contribution in [1.29, 1.82) is 0 Å². The molecule has 10 nitrogen and oxygen atoms in total. The summed E-state index contributed by atoms with van der Waals surface area (Å²) in [5.74, 6) is 1.10. The lowest BCUT2D eigenvalue weighted by molar-refractivity contribution is -0.0528. The average Bonchev–Trinajstić information content (AvgIpc) is 3.22. The second-order valence-electron chi connectivity index (χ2n) is 7.79. The minimum atomic E-state index is -2.90. The van der Waals surface area contributed by atoms with Crippen molar-refractivity contribution in [3.05, 3.63) is 47.5 Å². The lowest BCUT2D eigenvalue weighted by Crippen LogP contribution is -2.49. The molecule has 1 aliphatic heterocycles. The molecule has 4 rings (SSSR count). The number of likely N-dealkylation sites (N-methyl/N-ethyl adjacent to an activating group) is 1. The van der Waals surface area contributed by atoms with Crippen LogP contribution in [0.5, 0.6) is 5.88 Å². The molecule has 1 aliphatic rings. The second-order valence-corrected chi connectivity index (χ2v) is 7.79. The van der Waals surface area contributed by atoms with Crippen molar-refractivity contribution < 1.29 is 18.6 Å². The molecule has 0 bridgehead atoms. The van der Waals surface area contributed by atoms with E-state index < -0.39 is 12.8 Å². The van der Waals surface area contributed by atoms with Gasteiger partial charge in [-0.05, 0) is 18.9 Å². The molecule has 3 aromatic rings. The van der Waals surface area contributed by atoms with Gasteiger partial charge in [-0.15, -0.1) is 0 Å². The summed E-state index contributed by atoms with van der Waals surface area (Å²) >= 11 is 0. The first-order valence-electron chi connectivity index (χ1n) is 10.5. The van der Waals surface area contributed by atoms with Crippen LogP contribution >= 0.6 is 0 Å². The van der Waals surface area contributed by atoms with E-state index in [2.05, 4.69) is 35.4 Å². The highest BCUT2D eigenvalue weighted by molar-refractivity contribution is 5.72. The van der Waals surface area contributed by atoms with Crippen molar-refractivity contribution >= 4 is 17.5 Å². The summed E-state index contributed by atoms with van der Waals surface area (Å²) in [7, 11) is 1.92. The number of hydrogen-bond donors (Lipinski definition) is 3. The number of nitrogens with one attached hydrogen (secondary N) is 2. The van der Waals surface area contributed by atoms with Crippen LogP contribution < -0.4 is 20.3 Å². The minimum Gasteiger partial charge on any atom is -0.417 e. The summed E-state index contributed by atoms with van der Waals surface area (Å²) in [6.07, 6.45) is 5.18. The maximum atomic E-state index is 12.2. The fourth-order valence-corrected chi connectivity index (χ4v) is 3.79. The largest absolute Gasteiger partial charge is 0.417 e. The van der Waals surface area contributed by atoms with Gasteiger partial charge in [-0.3, -0.25) is 4.68 Å². The van der Waals surface area contributed by atoms with Crippen LogP contribution in [0.25, 0.3) is 0 Å². The van der Waals surface area contributed by atoms with Crippen LogP contribution in [-0.2, 0) is 13.1 Å². The minimum absolute atomic E-state index is 0.0802. The summed E-state index contributed by atoms with van der Waals surface area (Å²) in [6, 6.07) is 2.99. The lowest BCUT2D eigenvalue weighted by Gasteiger charge is -2.39. The molecule has 3 aromatic heterocycles. The Morgan fingerprint density at radius 2 is 2.06 bits per heavy atom. The number of hydrogen-bond acceptors (Lipinski definition) is 9. The number of aliphatic hydroxyl groups excluding tert-OH is 1. The highest BCUT2D eigenvalue weighted by Crippen LogP contribution is 2.34. The zero-order valence-electron chi connectivity index (χ0n) is 18.5. The van der Waals surface area contributed by atoms with Crippen LogP contribution in [-0.4, -0.2) is 55.8 Å². The third kappa shape index (κ3) is 5.11. The van der Waals surface area contributed by atoms with Gasteiger partial charge in [0, 0.05) is 37.6 Å². The molecule has 0 aliphatic carbocycles. The van der Waals surface area contributed by atoms with Crippen LogP contribution in [0, 0.1) is 6.92 Å². The maximum absolute atomic E-state index is 12.2. The average molecular weight is 460 g/mol. The monoisotopic (exact) mass is 460 g/mol. The van der Waals surface area contributed by atoms with Gasteiger partial charge in [-0.25, -0.2) is 9.97 Å². The molecule has 12 heteroatoms. The summed E-state index contributed by atoms with van der Waals surface area (Å²) < 4.78 is 30.5. The molecular formula is C21H26F2N8O2. The van der Waals surface area contributed by atoms with E-state index in [1.165, 1.54) is 12.3 Å². The molecule has 176 valence electrons. The number of nitrogens with zero attached hydrogens (tertiary/aromatic N) is 6. The summed E-state index contributed by atoms with van der Waals surface area (Å²) in [5.41, 5.74) is 3.20. The molecule has 0 fully saturated rings. The molecule has 2 atom stereocenters. The molecular weight excluding hydrogens is 434 g/mol. The first-order chi connectivity index (χ1) is 15.8. The summed E-state index contributed by atoms with van der Waals surface area (Å²) in [4.78, 5) is 15.0. The molecule has 1 unspecified atom stereocenters. The number of ether oxygens (including phenoxy) is 1. The molecule has 0 radical (unpaired) electrons. The number of alkyl halides is 2. The summed E-state index contributed by atoms with van der Waals surface area (Å²) in [6.45, 7) is 1.89. The number of halogens is 2. The maximum Gasteiger partial charge on any atom is 0.388 e. The van der Waals surface area contributed by atoms with Crippen molar-refractivity contribution in [1.82, 2.24) is 24.7 Å². The first-order valence-corrected chi connectivity index (χ1v) is 10.5. The van der Waals surface area contributed by atoms with E-state index in [9.17, 15) is 13.9 Å². The number of fused-ring (bicyclic) bond motifs is 1. The Hall–Kier alpha value is -3.54. The van der Waals surface area contributed by atoms with E-state index in [1.807, 2.05) is 32.0 Å². The SMILES string of the molecule is CC[C@H]1C(O)Nc2c(C)nc(NCc3cnn(Cc4ccc(OC(F)F)nc4)c3)nc2N1C. The number of anilines is 3. The van der Waals surface area contributed by atoms with Gasteiger partial charge in [0.15, 0.2) is 5.82 Å². The van der Waals surface area contributed by atoms with Crippen LogP contribution in [0.4, 0.5) is 26.2 Å². The van der Waals surface area contributed by atoms with Crippen molar-refractivity contribution in [3.63, 3.8) is 0 Å². The van der Waals surface area contributed by atoms with Gasteiger partial charge in [0.25, 0.3) is 0 Å². The van der Waals surface area contributed by atoms with Gasteiger partial charge in [-0.1, -0.05) is 13.0 Å². The van der Waals surface area contributed by atoms with E-state index in [0.29, 0.717) is 19.0 Å². The molecule has 0 spiro atoms. The Morgan fingerprint density at radius 1 is 1.24 bits per heavy atom. The number of rotatable bonds is 8. The van der Waals surface area contributed by atoms with Gasteiger partial charge in [0.2, 0.25) is 11.8 Å². The number of aryl methyl sites for hydroxylation is 1. The van der Waals surface area contributed by atoms with Crippen molar-refractivity contribution in [2.24, 2.45) is 0 Å². The first kappa shape index (κ1) is 22.6. The van der Waals surface area contributed by atoms with E-state index in [-0.39, 0.29) is 11.9 Å². The van der Waals surface area contributed by atoms with Crippen molar-refractivity contribution in [2.45, 2.75) is 52.2 Å². The van der Waals surface area contributed by atoms with Gasteiger partial charge >= 0.3 is 6.61 Å². The van der Waals surface area contributed by atoms with Crippen molar-refractivity contribution in [2.75, 3.05) is 22.6 Å². The highest BCUT2D eigenvalue weighted by Gasteiger charge is 2.32. The van der Waals surface area contributed by atoms with Crippen LogP contribution in [0.15, 0.2) is 30.7 Å². The zero-order valence-corrected chi connectivity index (χ0v) is 18.5. The van der Waals surface area contributed by atoms with E-state index in [0.717, 1.165) is 34.7 Å². The van der Waals surface area contributed by atoms with E-state index >= 15 is 0 Å². The number of pyridine rings is 1. The fraction of sp³-hybridized carbons (Fsp3) is 0.429. The Labute approximate surface area is 189 Å². The molecule has 0 saturated carbocycles. The third-order valence-electron chi connectivity index (χ3n) is 5.47. The summed E-state index contributed by atoms with van der Waals surface area (Å²) in [5, 5.41) is 21.0. The van der Waals surface area contributed by atoms with Gasteiger partial charge in [0.05, 0.1) is 24.5 Å². The second kappa shape index (κ2) is 9.53. The molecule has 0 aromatic carbocycles. The topological polar surface area (TPSA) is 113 Å². The van der Waals surface area contributed by atoms with Crippen LogP contribution in [0.3, 0.4) is 0 Å². The molecule has 0 amide bonds. The Bertz CT molecular complexity index is 1090. The zero-order chi connectivity index (χ0) is 23.5. The Balaban J connectivity index is 1.39. The fourth-order valence-electron chi connectivity index (χ4n) is 3.79. The van der Waals surface area contributed by atoms with E-state index in [4.69, 9.17) is 0 Å². The van der Waals surface area contributed by atoms with Crippen LogP contribution in [0.2, 0.25) is 0 Å². The van der Waals surface area contributed by atoms with Gasteiger partial charge < -0.3 is 25.4 Å². The molecule has 0 saturated heterocycles.